The second-order valence-electron chi connectivity index (χ2n) is 2.68. The van der Waals surface area contributed by atoms with E-state index in [4.69, 9.17) is 11.6 Å². The van der Waals surface area contributed by atoms with Crippen molar-refractivity contribution < 1.29 is 0 Å². The smallest absolute Gasteiger partial charge is 0.0335 e. The van der Waals surface area contributed by atoms with E-state index in [-0.39, 0.29) is 0 Å². The minimum atomic E-state index is 0.312. The van der Waals surface area contributed by atoms with Crippen LogP contribution in [0.15, 0.2) is 0 Å². The van der Waals surface area contributed by atoms with Gasteiger partial charge in [-0.3, -0.25) is 5.84 Å². The highest BCUT2D eigenvalue weighted by Crippen LogP contribution is 1.93. The number of unbranched alkanes of at least 4 members (excludes halogenated alkanes) is 1. The summed E-state index contributed by atoms with van der Waals surface area (Å²) in [4.78, 5) is 0. The predicted octanol–water partition coefficient (Wildman–Crippen LogP) is 0.309. The summed E-state index contributed by atoms with van der Waals surface area (Å²) < 4.78 is 0. The van der Waals surface area contributed by atoms with E-state index in [1.54, 1.807) is 0 Å². The predicted molar refractivity (Wildman–Crippen MR) is 44.3 cm³/mol. The molecule has 0 radical (unpaired) electrons. The fourth-order valence-electron chi connectivity index (χ4n) is 0.696. The van der Waals surface area contributed by atoms with Crippen LogP contribution in [0.4, 0.5) is 0 Å². The Bertz CT molecular complexity index is 75.3. The maximum atomic E-state index is 5.67. The van der Waals surface area contributed by atoms with Crippen molar-refractivity contribution in [1.29, 1.82) is 0 Å². The molecule has 0 heterocycles. The number of rotatable bonds is 5. The van der Waals surface area contributed by atoms with E-state index in [0.717, 1.165) is 13.0 Å². The Morgan fingerprint density at radius 1 is 1.50 bits per heavy atom. The molecule has 0 fully saturated rings. The Hall–Kier alpha value is -0.120. The summed E-state index contributed by atoms with van der Waals surface area (Å²) in [5, 5.41) is 1.81. The third-order valence-electron chi connectivity index (χ3n) is 1.68. The molecule has 4 N–H and O–H groups in total. The third-order valence-corrected chi connectivity index (χ3v) is 1.68. The highest BCUT2D eigenvalue weighted by Gasteiger charge is 2.04. The first-order valence-corrected chi connectivity index (χ1v) is 3.93. The molecule has 3 heteroatoms. The molecule has 0 bridgehead atoms. The van der Waals surface area contributed by atoms with Gasteiger partial charge in [-0.25, -0.2) is 5.01 Å². The first kappa shape index (κ1) is 9.88. The number of nitrogens with zero attached hydrogens (tertiary/aromatic N) is 1. The number of hydrogen-bond donors (Lipinski definition) is 2. The zero-order chi connectivity index (χ0) is 7.98. The van der Waals surface area contributed by atoms with Crippen molar-refractivity contribution in [2.45, 2.75) is 32.7 Å². The molecule has 10 heavy (non-hydrogen) atoms. The van der Waals surface area contributed by atoms with Crippen molar-refractivity contribution in [2.24, 2.45) is 11.6 Å². The molecule has 62 valence electrons. The molecule has 0 aliphatic heterocycles. The van der Waals surface area contributed by atoms with E-state index >= 15 is 0 Å². The summed E-state index contributed by atoms with van der Waals surface area (Å²) >= 11 is 0. The molecule has 0 saturated heterocycles. The molecular formula is C7H19N3. The lowest BCUT2D eigenvalue weighted by atomic mass is 10.3. The van der Waals surface area contributed by atoms with Crippen molar-refractivity contribution in [3.63, 3.8) is 0 Å². The molecular weight excluding hydrogens is 126 g/mol. The molecule has 1 atom stereocenters. The molecule has 0 saturated carbocycles. The Morgan fingerprint density at radius 3 is 2.50 bits per heavy atom. The number of hydrogen-bond acceptors (Lipinski definition) is 3. The van der Waals surface area contributed by atoms with Gasteiger partial charge in [0.05, 0.1) is 0 Å². The zero-order valence-corrected chi connectivity index (χ0v) is 7.01. The van der Waals surface area contributed by atoms with Gasteiger partial charge in [0.1, 0.15) is 0 Å². The topological polar surface area (TPSA) is 55.3 Å². The zero-order valence-electron chi connectivity index (χ0n) is 7.01. The van der Waals surface area contributed by atoms with Gasteiger partial charge in [0, 0.05) is 19.1 Å². The summed E-state index contributed by atoms with van der Waals surface area (Å²) in [6, 6.07) is 0.312. The number of nitrogens with two attached hydrogens (primary N) is 2. The van der Waals surface area contributed by atoms with Crippen LogP contribution >= 0.6 is 0 Å². The van der Waals surface area contributed by atoms with E-state index in [0.29, 0.717) is 12.6 Å². The van der Waals surface area contributed by atoms with E-state index in [1.165, 1.54) is 6.42 Å². The Kier molecular flexibility index (Phi) is 5.58. The molecule has 3 nitrogen and oxygen atoms in total. The maximum absolute atomic E-state index is 5.67. The molecule has 1 unspecified atom stereocenters. The van der Waals surface area contributed by atoms with Gasteiger partial charge in [-0.1, -0.05) is 13.3 Å². The third kappa shape index (κ3) is 3.82. The van der Waals surface area contributed by atoms with E-state index in [9.17, 15) is 0 Å². The average molecular weight is 145 g/mol. The standard InChI is InChI=1S/C7H19N3/c1-3-4-5-10(9)7(2)6-8/h7H,3-6,8-9H2,1-2H3. The highest BCUT2D eigenvalue weighted by atomic mass is 15.4. The first-order chi connectivity index (χ1) is 4.72. The van der Waals surface area contributed by atoms with Crippen LogP contribution in [0.25, 0.3) is 0 Å². The van der Waals surface area contributed by atoms with Crippen LogP contribution in [-0.2, 0) is 0 Å². The van der Waals surface area contributed by atoms with E-state index in [1.807, 2.05) is 11.9 Å². The SMILES string of the molecule is CCCCN(N)C(C)CN. The van der Waals surface area contributed by atoms with Crippen molar-refractivity contribution in [2.75, 3.05) is 13.1 Å². The van der Waals surface area contributed by atoms with Gasteiger partial charge >= 0.3 is 0 Å². The molecule has 0 aliphatic carbocycles. The largest absolute Gasteiger partial charge is 0.329 e. The minimum Gasteiger partial charge on any atom is -0.329 e. The molecule has 0 rings (SSSR count). The lowest BCUT2D eigenvalue weighted by molar-refractivity contribution is 0.215. The second kappa shape index (κ2) is 5.65. The first-order valence-electron chi connectivity index (χ1n) is 3.93. The fraction of sp³-hybridized carbons (Fsp3) is 1.00. The van der Waals surface area contributed by atoms with Gasteiger partial charge < -0.3 is 5.73 Å². The second-order valence-corrected chi connectivity index (χ2v) is 2.68. The van der Waals surface area contributed by atoms with Crippen molar-refractivity contribution in [3.05, 3.63) is 0 Å². The van der Waals surface area contributed by atoms with Crippen LogP contribution in [0.2, 0.25) is 0 Å². The summed E-state index contributed by atoms with van der Waals surface area (Å²) in [6.07, 6.45) is 2.34. The lowest BCUT2D eigenvalue weighted by Crippen LogP contribution is -2.43. The minimum absolute atomic E-state index is 0.312. The maximum Gasteiger partial charge on any atom is 0.0335 e. The van der Waals surface area contributed by atoms with Crippen LogP contribution in [0, 0.1) is 0 Å². The highest BCUT2D eigenvalue weighted by molar-refractivity contribution is 4.60. The molecule has 0 aromatic rings. The van der Waals surface area contributed by atoms with Crippen molar-refractivity contribution in [1.82, 2.24) is 5.01 Å². The van der Waals surface area contributed by atoms with Crippen LogP contribution in [0.1, 0.15) is 26.7 Å². The van der Waals surface area contributed by atoms with Gasteiger partial charge in [0.2, 0.25) is 0 Å². The van der Waals surface area contributed by atoms with Crippen molar-refractivity contribution >= 4 is 0 Å². The summed E-state index contributed by atoms with van der Waals surface area (Å²) in [5.41, 5.74) is 5.42. The lowest BCUT2D eigenvalue weighted by Gasteiger charge is -2.21. The van der Waals surface area contributed by atoms with Gasteiger partial charge in [-0.2, -0.15) is 0 Å². The quantitative estimate of drug-likeness (QED) is 0.432. The Balaban J connectivity index is 3.31. The summed E-state index contributed by atoms with van der Waals surface area (Å²) in [6.45, 7) is 5.78. The van der Waals surface area contributed by atoms with E-state index in [2.05, 4.69) is 6.92 Å². The van der Waals surface area contributed by atoms with Crippen LogP contribution in [0.5, 0.6) is 0 Å². The summed E-state index contributed by atoms with van der Waals surface area (Å²) in [7, 11) is 0. The van der Waals surface area contributed by atoms with Crippen LogP contribution in [0.3, 0.4) is 0 Å². The average Bonchev–Trinajstić information content (AvgIpc) is 1.98. The van der Waals surface area contributed by atoms with Crippen molar-refractivity contribution in [3.8, 4) is 0 Å². The van der Waals surface area contributed by atoms with Crippen LogP contribution < -0.4 is 11.6 Å². The molecule has 0 amide bonds. The van der Waals surface area contributed by atoms with Crippen LogP contribution in [-0.4, -0.2) is 24.1 Å². The Labute approximate surface area is 63.3 Å². The Morgan fingerprint density at radius 2 is 2.10 bits per heavy atom. The van der Waals surface area contributed by atoms with Gasteiger partial charge in [-0.15, -0.1) is 0 Å². The molecule has 0 spiro atoms. The van der Waals surface area contributed by atoms with Gasteiger partial charge in [0.25, 0.3) is 0 Å². The van der Waals surface area contributed by atoms with E-state index < -0.39 is 0 Å². The molecule has 0 aromatic carbocycles. The monoisotopic (exact) mass is 145 g/mol. The molecule has 0 aliphatic rings. The normalized spacial score (nSPS) is 14.1. The number of hydrazine groups is 1. The van der Waals surface area contributed by atoms with Gasteiger partial charge in [0.15, 0.2) is 0 Å². The molecule has 0 aromatic heterocycles. The fourth-order valence-corrected chi connectivity index (χ4v) is 0.696. The summed E-state index contributed by atoms with van der Waals surface area (Å²) in [5.74, 6) is 5.67. The van der Waals surface area contributed by atoms with Gasteiger partial charge in [-0.05, 0) is 13.3 Å².